The van der Waals surface area contributed by atoms with Gasteiger partial charge in [-0.1, -0.05) is 25.1 Å². The minimum Gasteiger partial charge on any atom is -0.493 e. The molecule has 5 atom stereocenters. The Bertz CT molecular complexity index is 613. The molecule has 1 N–H and O–H groups in total. The van der Waals surface area contributed by atoms with E-state index in [1.807, 2.05) is 6.07 Å². The topological polar surface area (TPSA) is 39.7 Å². The molecule has 4 heteroatoms. The van der Waals surface area contributed by atoms with Crippen LogP contribution in [0.1, 0.15) is 24.0 Å². The lowest BCUT2D eigenvalue weighted by molar-refractivity contribution is 0.0126. The van der Waals surface area contributed by atoms with Crippen LogP contribution in [0.2, 0.25) is 0 Å². The summed E-state index contributed by atoms with van der Waals surface area (Å²) in [6, 6.07) is 4.69. The molecule has 1 aliphatic heterocycles. The van der Waals surface area contributed by atoms with Crippen molar-refractivity contribution in [2.75, 3.05) is 20.8 Å². The van der Waals surface area contributed by atoms with Gasteiger partial charge in [-0.15, -0.1) is 0 Å². The summed E-state index contributed by atoms with van der Waals surface area (Å²) in [6.45, 7) is 3.15. The first-order valence-electron chi connectivity index (χ1n) is 8.09. The van der Waals surface area contributed by atoms with Crippen molar-refractivity contribution in [2.24, 2.45) is 5.92 Å². The van der Waals surface area contributed by atoms with Crippen molar-refractivity contribution in [3.05, 3.63) is 35.4 Å². The van der Waals surface area contributed by atoms with Crippen molar-refractivity contribution >= 4 is 0 Å². The number of likely N-dealkylation sites (N-methyl/N-ethyl adjacent to an activating group) is 1. The number of methoxy groups -OCH3 is 2. The lowest BCUT2D eigenvalue weighted by Crippen LogP contribution is -2.49. The second-order valence-corrected chi connectivity index (χ2v) is 6.31. The maximum absolute atomic E-state index is 6.33. The van der Waals surface area contributed by atoms with Gasteiger partial charge in [-0.2, -0.15) is 0 Å². The molecule has 0 fully saturated rings. The standard InChI is InChI=1S/C18H23NO3/c1-4-19-12-9-10-5-7-13(20-2)17-15(10)16-11(12)6-8-14(21-3)18(16)22-17/h5-8,11-12,14,16,18-19H,4,9H2,1-3H3/t11?,12?,14-,16?,18-/m0/s1. The van der Waals surface area contributed by atoms with Crippen LogP contribution in [-0.4, -0.2) is 39.0 Å². The summed E-state index contributed by atoms with van der Waals surface area (Å²) < 4.78 is 17.5. The molecule has 0 spiro atoms. The first-order chi connectivity index (χ1) is 10.8. The molecule has 0 bridgehead atoms. The van der Waals surface area contributed by atoms with E-state index in [-0.39, 0.29) is 12.2 Å². The molecule has 0 saturated carbocycles. The second-order valence-electron chi connectivity index (χ2n) is 6.31. The molecule has 0 radical (unpaired) electrons. The lowest BCUT2D eigenvalue weighted by atomic mass is 9.67. The molecule has 1 aromatic rings. The number of ether oxygens (including phenoxy) is 3. The fraction of sp³-hybridized carbons (Fsp3) is 0.556. The average molecular weight is 301 g/mol. The van der Waals surface area contributed by atoms with Gasteiger partial charge in [-0.25, -0.2) is 0 Å². The highest BCUT2D eigenvalue weighted by atomic mass is 16.6. The van der Waals surface area contributed by atoms with Crippen LogP contribution in [0.3, 0.4) is 0 Å². The van der Waals surface area contributed by atoms with E-state index < -0.39 is 0 Å². The first-order valence-corrected chi connectivity index (χ1v) is 8.09. The van der Waals surface area contributed by atoms with Crippen LogP contribution in [-0.2, 0) is 11.2 Å². The molecule has 118 valence electrons. The average Bonchev–Trinajstić information content (AvgIpc) is 2.95. The molecule has 2 aliphatic carbocycles. The van der Waals surface area contributed by atoms with Crippen LogP contribution in [0.15, 0.2) is 24.3 Å². The zero-order chi connectivity index (χ0) is 15.3. The van der Waals surface area contributed by atoms with Gasteiger partial charge in [-0.3, -0.25) is 0 Å². The summed E-state index contributed by atoms with van der Waals surface area (Å²) in [5.41, 5.74) is 2.73. The van der Waals surface area contributed by atoms with Gasteiger partial charge in [0, 0.05) is 30.6 Å². The van der Waals surface area contributed by atoms with Crippen LogP contribution in [0.4, 0.5) is 0 Å². The fourth-order valence-electron chi connectivity index (χ4n) is 4.41. The minimum absolute atomic E-state index is 0.00610. The fourth-order valence-corrected chi connectivity index (χ4v) is 4.41. The number of benzene rings is 1. The number of hydrogen-bond donors (Lipinski definition) is 1. The molecular formula is C18H23NO3. The van der Waals surface area contributed by atoms with Crippen LogP contribution in [0.25, 0.3) is 0 Å². The molecule has 3 aliphatic rings. The van der Waals surface area contributed by atoms with Gasteiger partial charge in [0.2, 0.25) is 0 Å². The molecular weight excluding hydrogens is 278 g/mol. The van der Waals surface area contributed by atoms with E-state index in [2.05, 4.69) is 30.5 Å². The zero-order valence-electron chi connectivity index (χ0n) is 13.3. The van der Waals surface area contributed by atoms with E-state index in [1.54, 1.807) is 14.2 Å². The number of rotatable bonds is 4. The Balaban J connectivity index is 1.85. The van der Waals surface area contributed by atoms with Crippen molar-refractivity contribution in [3.8, 4) is 11.5 Å². The molecule has 22 heavy (non-hydrogen) atoms. The Labute approximate surface area is 131 Å². The summed E-state index contributed by atoms with van der Waals surface area (Å²) in [5, 5.41) is 3.65. The minimum atomic E-state index is 0.00610. The normalized spacial score (nSPS) is 34.2. The van der Waals surface area contributed by atoms with Gasteiger partial charge in [0.1, 0.15) is 12.2 Å². The van der Waals surface area contributed by atoms with Gasteiger partial charge in [0.05, 0.1) is 7.11 Å². The van der Waals surface area contributed by atoms with E-state index in [1.165, 1.54) is 11.1 Å². The zero-order valence-corrected chi connectivity index (χ0v) is 13.3. The largest absolute Gasteiger partial charge is 0.493 e. The summed E-state index contributed by atoms with van der Waals surface area (Å²) in [6.07, 6.45) is 5.58. The van der Waals surface area contributed by atoms with Crippen molar-refractivity contribution in [2.45, 2.75) is 37.5 Å². The van der Waals surface area contributed by atoms with Crippen molar-refractivity contribution < 1.29 is 14.2 Å². The molecule has 1 aromatic carbocycles. The van der Waals surface area contributed by atoms with Gasteiger partial charge in [-0.05, 0) is 24.6 Å². The Kier molecular flexibility index (Phi) is 3.39. The van der Waals surface area contributed by atoms with E-state index in [4.69, 9.17) is 14.2 Å². The quantitative estimate of drug-likeness (QED) is 0.866. The summed E-state index contributed by atoms with van der Waals surface area (Å²) in [7, 11) is 3.46. The van der Waals surface area contributed by atoms with E-state index in [0.717, 1.165) is 24.5 Å². The molecule has 0 aromatic heterocycles. The van der Waals surface area contributed by atoms with Crippen LogP contribution >= 0.6 is 0 Å². The van der Waals surface area contributed by atoms with Crippen LogP contribution < -0.4 is 14.8 Å². The first kappa shape index (κ1) is 14.1. The second kappa shape index (κ2) is 5.28. The Morgan fingerprint density at radius 1 is 1.27 bits per heavy atom. The van der Waals surface area contributed by atoms with E-state index in [0.29, 0.717) is 17.9 Å². The summed E-state index contributed by atoms with van der Waals surface area (Å²) in [4.78, 5) is 0. The molecule has 0 amide bonds. The van der Waals surface area contributed by atoms with Gasteiger partial charge >= 0.3 is 0 Å². The maximum atomic E-state index is 6.33. The third-order valence-electron chi connectivity index (χ3n) is 5.32. The molecule has 0 saturated heterocycles. The Hall–Kier alpha value is -1.52. The van der Waals surface area contributed by atoms with E-state index >= 15 is 0 Å². The third kappa shape index (κ3) is 1.83. The summed E-state index contributed by atoms with van der Waals surface area (Å²) in [5.74, 6) is 2.58. The highest BCUT2D eigenvalue weighted by Gasteiger charge is 2.51. The van der Waals surface area contributed by atoms with E-state index in [9.17, 15) is 0 Å². The number of nitrogens with one attached hydrogen (secondary N) is 1. The maximum Gasteiger partial charge on any atom is 0.165 e. The predicted octanol–water partition coefficient (Wildman–Crippen LogP) is 2.28. The molecule has 4 nitrogen and oxygen atoms in total. The van der Waals surface area contributed by atoms with Gasteiger partial charge in [0.25, 0.3) is 0 Å². The Morgan fingerprint density at radius 2 is 2.14 bits per heavy atom. The molecule has 3 unspecified atom stereocenters. The van der Waals surface area contributed by atoms with Crippen molar-refractivity contribution in [3.63, 3.8) is 0 Å². The van der Waals surface area contributed by atoms with Crippen molar-refractivity contribution in [1.82, 2.24) is 5.32 Å². The number of hydrogen-bond acceptors (Lipinski definition) is 4. The predicted molar refractivity (Wildman–Crippen MR) is 84.7 cm³/mol. The monoisotopic (exact) mass is 301 g/mol. The van der Waals surface area contributed by atoms with Gasteiger partial charge < -0.3 is 19.5 Å². The SMILES string of the molecule is CCNC1Cc2ccc(OC)c3c2C2C1C=C[C@H](OC)[C@@H]2O3. The van der Waals surface area contributed by atoms with Gasteiger partial charge in [0.15, 0.2) is 11.5 Å². The summed E-state index contributed by atoms with van der Waals surface area (Å²) >= 11 is 0. The third-order valence-corrected chi connectivity index (χ3v) is 5.32. The smallest absolute Gasteiger partial charge is 0.165 e. The molecule has 4 rings (SSSR count). The van der Waals surface area contributed by atoms with Crippen LogP contribution in [0.5, 0.6) is 11.5 Å². The highest BCUT2D eigenvalue weighted by molar-refractivity contribution is 5.58. The highest BCUT2D eigenvalue weighted by Crippen LogP contribution is 2.55. The molecule has 1 heterocycles. The Morgan fingerprint density at radius 3 is 2.86 bits per heavy atom. The van der Waals surface area contributed by atoms with Crippen molar-refractivity contribution in [1.29, 1.82) is 0 Å². The lowest BCUT2D eigenvalue weighted by Gasteiger charge is -2.41. The van der Waals surface area contributed by atoms with Crippen LogP contribution in [0, 0.1) is 5.92 Å².